The van der Waals surface area contributed by atoms with Crippen LogP contribution in [-0.4, -0.2) is 0 Å². The molecule has 2 aliphatic rings. The van der Waals surface area contributed by atoms with Crippen LogP contribution in [0.1, 0.15) is 37.3 Å². The Hall–Kier alpha value is -0.410. The summed E-state index contributed by atoms with van der Waals surface area (Å²) < 4.78 is 13.7. The molecule has 1 aromatic rings. The molecule has 1 nitrogen and oxygen atoms in total. The second-order valence-electron chi connectivity index (χ2n) is 5.54. The zero-order chi connectivity index (χ0) is 12.0. The molecule has 2 saturated carbocycles. The lowest BCUT2D eigenvalue weighted by molar-refractivity contribution is 0.284. The molecule has 0 aromatic heterocycles. The third-order valence-electron chi connectivity index (χ3n) is 4.58. The summed E-state index contributed by atoms with van der Waals surface area (Å²) >= 11 is 3.23. The highest BCUT2D eigenvalue weighted by molar-refractivity contribution is 9.10. The zero-order valence-corrected chi connectivity index (χ0v) is 11.3. The van der Waals surface area contributed by atoms with Crippen molar-refractivity contribution in [3.63, 3.8) is 0 Å². The zero-order valence-electron chi connectivity index (χ0n) is 9.70. The van der Waals surface area contributed by atoms with Gasteiger partial charge in [-0.1, -0.05) is 12.5 Å². The van der Waals surface area contributed by atoms with E-state index in [2.05, 4.69) is 15.9 Å². The summed E-state index contributed by atoms with van der Waals surface area (Å²) in [6.07, 6.45) is 5.36. The fourth-order valence-corrected chi connectivity index (χ4v) is 4.10. The first-order valence-corrected chi connectivity index (χ1v) is 7.15. The number of hydrogen-bond acceptors (Lipinski definition) is 1. The minimum absolute atomic E-state index is 0.0715. The van der Waals surface area contributed by atoms with Gasteiger partial charge in [0.15, 0.2) is 0 Å². The van der Waals surface area contributed by atoms with E-state index >= 15 is 0 Å². The van der Waals surface area contributed by atoms with Crippen LogP contribution in [0.2, 0.25) is 0 Å². The van der Waals surface area contributed by atoms with Crippen LogP contribution in [0, 0.1) is 23.6 Å². The van der Waals surface area contributed by atoms with Crippen LogP contribution in [0.4, 0.5) is 4.39 Å². The summed E-state index contributed by atoms with van der Waals surface area (Å²) in [5.74, 6) is 2.10. The summed E-state index contributed by atoms with van der Waals surface area (Å²) in [5, 5.41) is 0. The molecule has 2 aliphatic carbocycles. The Labute approximate surface area is 110 Å². The second kappa shape index (κ2) is 4.36. The second-order valence-corrected chi connectivity index (χ2v) is 6.39. The van der Waals surface area contributed by atoms with Crippen LogP contribution in [0.25, 0.3) is 0 Å². The molecular weight excluding hydrogens is 281 g/mol. The van der Waals surface area contributed by atoms with E-state index in [1.807, 2.05) is 12.1 Å². The fourth-order valence-electron chi connectivity index (χ4n) is 3.70. The van der Waals surface area contributed by atoms with E-state index < -0.39 is 0 Å². The topological polar surface area (TPSA) is 26.0 Å². The molecular formula is C14H17BrFN. The van der Waals surface area contributed by atoms with Gasteiger partial charge in [0.05, 0.1) is 4.47 Å². The van der Waals surface area contributed by atoms with E-state index in [4.69, 9.17) is 5.73 Å². The van der Waals surface area contributed by atoms with Gasteiger partial charge in [-0.25, -0.2) is 4.39 Å². The first-order valence-electron chi connectivity index (χ1n) is 6.35. The van der Waals surface area contributed by atoms with Crippen molar-refractivity contribution >= 4 is 15.9 Å². The summed E-state index contributed by atoms with van der Waals surface area (Å²) in [7, 11) is 0. The summed E-state index contributed by atoms with van der Waals surface area (Å²) in [5.41, 5.74) is 7.43. The van der Waals surface area contributed by atoms with Gasteiger partial charge in [-0.15, -0.1) is 0 Å². The van der Waals surface area contributed by atoms with Crippen LogP contribution in [0.5, 0.6) is 0 Å². The molecule has 92 valence electrons. The largest absolute Gasteiger partial charge is 0.324 e. The van der Waals surface area contributed by atoms with Crippen molar-refractivity contribution in [2.75, 3.05) is 0 Å². The van der Waals surface area contributed by atoms with Crippen LogP contribution < -0.4 is 5.73 Å². The molecule has 2 bridgehead atoms. The minimum atomic E-state index is -0.214. The lowest BCUT2D eigenvalue weighted by Crippen LogP contribution is -2.26. The Balaban J connectivity index is 1.81. The average molecular weight is 298 g/mol. The van der Waals surface area contributed by atoms with Crippen molar-refractivity contribution in [2.24, 2.45) is 23.5 Å². The molecule has 4 unspecified atom stereocenters. The van der Waals surface area contributed by atoms with E-state index in [0.717, 1.165) is 17.4 Å². The molecule has 4 atom stereocenters. The Morgan fingerprint density at radius 3 is 2.71 bits per heavy atom. The van der Waals surface area contributed by atoms with Crippen molar-refractivity contribution in [1.29, 1.82) is 0 Å². The lowest BCUT2D eigenvalue weighted by Gasteiger charge is -2.28. The molecule has 3 rings (SSSR count). The Bertz CT molecular complexity index is 434. The molecule has 1 aromatic carbocycles. The fraction of sp³-hybridized carbons (Fsp3) is 0.571. The highest BCUT2D eigenvalue weighted by atomic mass is 79.9. The third-order valence-corrected chi connectivity index (χ3v) is 5.19. The van der Waals surface area contributed by atoms with Crippen LogP contribution in [0.15, 0.2) is 22.7 Å². The van der Waals surface area contributed by atoms with Gasteiger partial charge >= 0.3 is 0 Å². The average Bonchev–Trinajstić information content (AvgIpc) is 2.93. The molecule has 0 heterocycles. The molecule has 2 fully saturated rings. The van der Waals surface area contributed by atoms with Crippen LogP contribution in [0.3, 0.4) is 0 Å². The monoisotopic (exact) mass is 297 g/mol. The van der Waals surface area contributed by atoms with E-state index in [1.54, 1.807) is 0 Å². The van der Waals surface area contributed by atoms with Gasteiger partial charge in [0, 0.05) is 6.04 Å². The Morgan fingerprint density at radius 1 is 1.29 bits per heavy atom. The van der Waals surface area contributed by atoms with Crippen molar-refractivity contribution in [3.05, 3.63) is 34.1 Å². The van der Waals surface area contributed by atoms with Crippen molar-refractivity contribution in [3.8, 4) is 0 Å². The third kappa shape index (κ3) is 2.04. The van der Waals surface area contributed by atoms with Gasteiger partial charge < -0.3 is 5.73 Å². The normalized spacial score (nSPS) is 33.0. The first kappa shape index (κ1) is 11.7. The Kier molecular flexibility index (Phi) is 2.99. The standard InChI is InChI=1S/C14H17BrFN/c15-12-7-10(3-4-13(12)16)14(17)11-6-8-1-2-9(11)5-8/h3-4,7-9,11,14H,1-2,5-6,17H2. The number of benzene rings is 1. The predicted molar refractivity (Wildman–Crippen MR) is 70.0 cm³/mol. The van der Waals surface area contributed by atoms with E-state index in [9.17, 15) is 4.39 Å². The SMILES string of the molecule is NC(c1ccc(F)c(Br)c1)C1CC2CCC1C2. The van der Waals surface area contributed by atoms with Gasteiger partial charge in [0.2, 0.25) is 0 Å². The quantitative estimate of drug-likeness (QED) is 0.876. The van der Waals surface area contributed by atoms with Gasteiger partial charge in [-0.05, 0) is 70.6 Å². The van der Waals surface area contributed by atoms with Gasteiger partial charge in [0.1, 0.15) is 5.82 Å². The van der Waals surface area contributed by atoms with Gasteiger partial charge in [0.25, 0.3) is 0 Å². The molecule has 3 heteroatoms. The van der Waals surface area contributed by atoms with Crippen LogP contribution >= 0.6 is 15.9 Å². The van der Waals surface area contributed by atoms with Crippen molar-refractivity contribution < 1.29 is 4.39 Å². The van der Waals surface area contributed by atoms with E-state index in [1.165, 1.54) is 31.7 Å². The number of fused-ring (bicyclic) bond motifs is 2. The molecule has 0 spiro atoms. The summed E-state index contributed by atoms with van der Waals surface area (Å²) in [6, 6.07) is 5.25. The number of hydrogen-bond donors (Lipinski definition) is 1. The molecule has 0 amide bonds. The maximum Gasteiger partial charge on any atom is 0.137 e. The maximum atomic E-state index is 13.2. The maximum absolute atomic E-state index is 13.2. The number of rotatable bonds is 2. The smallest absolute Gasteiger partial charge is 0.137 e. The minimum Gasteiger partial charge on any atom is -0.324 e. The van der Waals surface area contributed by atoms with Gasteiger partial charge in [-0.3, -0.25) is 0 Å². The first-order chi connectivity index (χ1) is 8.15. The highest BCUT2D eigenvalue weighted by Gasteiger charge is 2.42. The molecule has 2 N–H and O–H groups in total. The van der Waals surface area contributed by atoms with E-state index in [-0.39, 0.29) is 11.9 Å². The molecule has 17 heavy (non-hydrogen) atoms. The van der Waals surface area contributed by atoms with Crippen molar-refractivity contribution in [1.82, 2.24) is 0 Å². The Morgan fingerprint density at radius 2 is 2.12 bits per heavy atom. The molecule has 0 aliphatic heterocycles. The molecule has 0 saturated heterocycles. The number of halogens is 2. The summed E-state index contributed by atoms with van der Waals surface area (Å²) in [4.78, 5) is 0. The molecule has 0 radical (unpaired) electrons. The lowest BCUT2D eigenvalue weighted by atomic mass is 9.81. The number of nitrogens with two attached hydrogens (primary N) is 1. The van der Waals surface area contributed by atoms with E-state index in [0.29, 0.717) is 10.4 Å². The van der Waals surface area contributed by atoms with Crippen molar-refractivity contribution in [2.45, 2.75) is 31.7 Å². The van der Waals surface area contributed by atoms with Crippen LogP contribution in [-0.2, 0) is 0 Å². The summed E-state index contributed by atoms with van der Waals surface area (Å²) in [6.45, 7) is 0. The van der Waals surface area contributed by atoms with Gasteiger partial charge in [-0.2, -0.15) is 0 Å². The predicted octanol–water partition coefficient (Wildman–Crippen LogP) is 4.02. The highest BCUT2D eigenvalue weighted by Crippen LogP contribution is 2.52.